The van der Waals surface area contributed by atoms with Crippen molar-refractivity contribution in [3.63, 3.8) is 0 Å². The number of carbonyl (C=O) groups excluding carboxylic acids is 1. The van der Waals surface area contributed by atoms with E-state index in [0.29, 0.717) is 0 Å². The molecule has 0 aliphatic carbocycles. The van der Waals surface area contributed by atoms with Gasteiger partial charge in [-0.05, 0) is 0 Å². The smallest absolute Gasteiger partial charge is 0.269 e. The Morgan fingerprint density at radius 3 is 2.78 bits per heavy atom. The SMILES string of the molecule is NC(=O)c1[c]nccn1. The van der Waals surface area contributed by atoms with E-state index in [4.69, 9.17) is 5.73 Å². The number of hydrogen-bond acceptors (Lipinski definition) is 3. The lowest BCUT2D eigenvalue weighted by molar-refractivity contribution is 0.0995. The molecule has 4 nitrogen and oxygen atoms in total. The first-order valence-electron chi connectivity index (χ1n) is 2.29. The van der Waals surface area contributed by atoms with Crippen molar-refractivity contribution in [3.8, 4) is 0 Å². The summed E-state index contributed by atoms with van der Waals surface area (Å²) >= 11 is 0. The van der Waals surface area contributed by atoms with Crippen molar-refractivity contribution in [1.82, 2.24) is 9.97 Å². The van der Waals surface area contributed by atoms with Crippen LogP contribution in [-0.2, 0) is 0 Å². The van der Waals surface area contributed by atoms with E-state index in [9.17, 15) is 4.79 Å². The van der Waals surface area contributed by atoms with Gasteiger partial charge in [-0.3, -0.25) is 9.78 Å². The summed E-state index contributed by atoms with van der Waals surface area (Å²) in [7, 11) is 0. The number of aromatic nitrogens is 2. The van der Waals surface area contributed by atoms with Gasteiger partial charge in [0, 0.05) is 12.4 Å². The molecule has 45 valence electrons. The second-order valence-electron chi connectivity index (χ2n) is 1.38. The van der Waals surface area contributed by atoms with E-state index in [1.165, 1.54) is 12.4 Å². The van der Waals surface area contributed by atoms with Crippen LogP contribution in [0.2, 0.25) is 0 Å². The third kappa shape index (κ3) is 1.22. The van der Waals surface area contributed by atoms with Gasteiger partial charge >= 0.3 is 0 Å². The Balaban J connectivity index is 2.98. The number of amides is 1. The van der Waals surface area contributed by atoms with Crippen LogP contribution in [0.25, 0.3) is 0 Å². The predicted molar refractivity (Wildman–Crippen MR) is 29.4 cm³/mol. The molecule has 0 aliphatic heterocycles. The lowest BCUT2D eigenvalue weighted by Crippen LogP contribution is -2.12. The molecular formula is C5H4N3O. The van der Waals surface area contributed by atoms with Crippen molar-refractivity contribution < 1.29 is 4.79 Å². The van der Waals surface area contributed by atoms with E-state index in [2.05, 4.69) is 16.2 Å². The highest BCUT2D eigenvalue weighted by molar-refractivity contribution is 5.89. The summed E-state index contributed by atoms with van der Waals surface area (Å²) in [5, 5.41) is 0. The van der Waals surface area contributed by atoms with E-state index in [1.54, 1.807) is 0 Å². The van der Waals surface area contributed by atoms with Crippen molar-refractivity contribution in [2.45, 2.75) is 0 Å². The highest BCUT2D eigenvalue weighted by Gasteiger charge is 1.98. The standard InChI is InChI=1S/C5H4N3O/c6-5(9)4-3-7-1-2-8-4/h1-2H,(H2,6,9). The van der Waals surface area contributed by atoms with E-state index >= 15 is 0 Å². The first-order chi connectivity index (χ1) is 4.30. The molecule has 0 atom stereocenters. The van der Waals surface area contributed by atoms with E-state index < -0.39 is 5.91 Å². The zero-order valence-electron chi connectivity index (χ0n) is 4.53. The molecule has 1 heterocycles. The van der Waals surface area contributed by atoms with E-state index in [-0.39, 0.29) is 5.69 Å². The molecule has 0 aromatic carbocycles. The van der Waals surface area contributed by atoms with Gasteiger partial charge in [0.25, 0.3) is 5.91 Å². The Kier molecular flexibility index (Phi) is 1.40. The van der Waals surface area contributed by atoms with Gasteiger partial charge in [-0.25, -0.2) is 4.98 Å². The van der Waals surface area contributed by atoms with Crippen molar-refractivity contribution in [3.05, 3.63) is 24.3 Å². The maximum atomic E-state index is 10.3. The zero-order chi connectivity index (χ0) is 6.69. The second-order valence-corrected chi connectivity index (χ2v) is 1.38. The van der Waals surface area contributed by atoms with Gasteiger partial charge in [0.15, 0.2) is 5.69 Å². The maximum Gasteiger partial charge on any atom is 0.269 e. The largest absolute Gasteiger partial charge is 0.364 e. The number of hydrogen-bond donors (Lipinski definition) is 1. The fourth-order valence-corrected chi connectivity index (χ4v) is 0.387. The third-order valence-electron chi connectivity index (χ3n) is 0.749. The second kappa shape index (κ2) is 2.21. The van der Waals surface area contributed by atoms with Gasteiger partial charge in [0.2, 0.25) is 0 Å². The van der Waals surface area contributed by atoms with Crippen LogP contribution in [0.5, 0.6) is 0 Å². The number of primary amides is 1. The molecule has 9 heavy (non-hydrogen) atoms. The predicted octanol–water partition coefficient (Wildman–Crippen LogP) is -0.624. The molecule has 0 saturated heterocycles. The minimum atomic E-state index is -0.608. The number of carbonyl (C=O) groups is 1. The molecule has 0 fully saturated rings. The van der Waals surface area contributed by atoms with Crippen LogP contribution in [0.3, 0.4) is 0 Å². The maximum absolute atomic E-state index is 10.3. The molecule has 0 spiro atoms. The molecule has 1 aromatic heterocycles. The Morgan fingerprint density at radius 1 is 1.67 bits per heavy atom. The van der Waals surface area contributed by atoms with Crippen LogP contribution in [-0.4, -0.2) is 15.9 Å². The molecule has 2 N–H and O–H groups in total. The van der Waals surface area contributed by atoms with Crippen LogP contribution in [0.15, 0.2) is 12.4 Å². The first kappa shape index (κ1) is 5.68. The average molecular weight is 122 g/mol. The minimum Gasteiger partial charge on any atom is -0.364 e. The lowest BCUT2D eigenvalue weighted by atomic mass is 10.4. The lowest BCUT2D eigenvalue weighted by Gasteiger charge is -1.86. The van der Waals surface area contributed by atoms with Crippen molar-refractivity contribution in [2.24, 2.45) is 5.73 Å². The summed E-state index contributed by atoms with van der Waals surface area (Å²) in [6.07, 6.45) is 5.14. The molecular weight excluding hydrogens is 118 g/mol. The third-order valence-corrected chi connectivity index (χ3v) is 0.749. The Hall–Kier alpha value is -1.45. The average Bonchev–Trinajstić information content (AvgIpc) is 1.90. The van der Waals surface area contributed by atoms with Crippen LogP contribution in [0, 0.1) is 6.20 Å². The first-order valence-corrected chi connectivity index (χ1v) is 2.29. The highest BCUT2D eigenvalue weighted by atomic mass is 16.1. The highest BCUT2D eigenvalue weighted by Crippen LogP contribution is 1.83. The van der Waals surface area contributed by atoms with Crippen LogP contribution in [0.4, 0.5) is 0 Å². The zero-order valence-corrected chi connectivity index (χ0v) is 4.53. The molecule has 0 aliphatic rings. The van der Waals surface area contributed by atoms with Crippen LogP contribution < -0.4 is 5.73 Å². The van der Waals surface area contributed by atoms with Crippen molar-refractivity contribution in [2.75, 3.05) is 0 Å². The minimum absolute atomic E-state index is 0.0671. The molecule has 1 amide bonds. The molecule has 0 unspecified atom stereocenters. The summed E-state index contributed by atoms with van der Waals surface area (Å²) in [5.41, 5.74) is 4.91. The topological polar surface area (TPSA) is 68.9 Å². The van der Waals surface area contributed by atoms with Gasteiger partial charge < -0.3 is 5.73 Å². The number of rotatable bonds is 1. The van der Waals surface area contributed by atoms with Crippen molar-refractivity contribution >= 4 is 5.91 Å². The van der Waals surface area contributed by atoms with Crippen LogP contribution >= 0.6 is 0 Å². The van der Waals surface area contributed by atoms with Gasteiger partial charge in [-0.2, -0.15) is 0 Å². The van der Waals surface area contributed by atoms with Gasteiger partial charge in [0.1, 0.15) is 6.20 Å². The summed E-state index contributed by atoms with van der Waals surface area (Å²) in [4.78, 5) is 17.4. The van der Waals surface area contributed by atoms with Gasteiger partial charge in [0.05, 0.1) is 0 Å². The van der Waals surface area contributed by atoms with E-state index in [1.807, 2.05) is 0 Å². The molecule has 0 bridgehead atoms. The number of nitrogens with two attached hydrogens (primary N) is 1. The normalized spacial score (nSPS) is 8.89. The fraction of sp³-hybridized carbons (Fsp3) is 0. The monoisotopic (exact) mass is 122 g/mol. The number of nitrogens with zero attached hydrogens (tertiary/aromatic N) is 2. The van der Waals surface area contributed by atoms with Crippen LogP contribution in [0.1, 0.15) is 10.5 Å². The van der Waals surface area contributed by atoms with Gasteiger partial charge in [-0.15, -0.1) is 0 Å². The summed E-state index contributed by atoms with van der Waals surface area (Å²) in [5.74, 6) is -0.608. The quantitative estimate of drug-likeness (QED) is 0.539. The summed E-state index contributed by atoms with van der Waals surface area (Å²) in [6.45, 7) is 0. The van der Waals surface area contributed by atoms with Crippen molar-refractivity contribution in [1.29, 1.82) is 0 Å². The molecule has 1 radical (unpaired) electrons. The Morgan fingerprint density at radius 2 is 2.44 bits per heavy atom. The molecule has 1 aromatic rings. The Labute approximate surface area is 51.7 Å². The molecule has 0 saturated carbocycles. The van der Waals surface area contributed by atoms with Gasteiger partial charge in [-0.1, -0.05) is 0 Å². The summed E-state index contributed by atoms with van der Waals surface area (Å²) in [6, 6.07) is 0. The Bertz CT molecular complexity index is 209. The summed E-state index contributed by atoms with van der Waals surface area (Å²) < 4.78 is 0. The molecule has 1 rings (SSSR count). The molecule has 4 heteroatoms. The fourth-order valence-electron chi connectivity index (χ4n) is 0.387. The van der Waals surface area contributed by atoms with E-state index in [0.717, 1.165) is 0 Å².